The molecule has 0 amide bonds. The number of carbonyl (C=O) groups is 1. The van der Waals surface area contributed by atoms with Crippen molar-refractivity contribution in [2.45, 2.75) is 9.65 Å². The molecule has 0 aliphatic rings. The van der Waals surface area contributed by atoms with Crippen LogP contribution in [-0.2, 0) is 0 Å². The Labute approximate surface area is 138 Å². The predicted octanol–water partition coefficient (Wildman–Crippen LogP) is 4.68. The van der Waals surface area contributed by atoms with Crippen molar-refractivity contribution in [2.75, 3.05) is 0 Å². The van der Waals surface area contributed by atoms with Crippen LogP contribution in [0.5, 0.6) is 0 Å². The van der Waals surface area contributed by atoms with Crippen LogP contribution in [0.2, 0.25) is 0 Å². The maximum absolute atomic E-state index is 12.3. The Bertz CT molecular complexity index is 644. The van der Waals surface area contributed by atoms with Crippen LogP contribution < -0.4 is 0 Å². The van der Waals surface area contributed by atoms with Gasteiger partial charge in [-0.2, -0.15) is 0 Å². The molecule has 0 heterocycles. The largest absolute Gasteiger partial charge is 0.293 e. The third-order valence-corrected chi connectivity index (χ3v) is 5.70. The predicted molar refractivity (Wildman–Crippen MR) is 88.3 cm³/mol. The normalized spacial score (nSPS) is 13.4. The minimum absolute atomic E-state index is 0.0268. The Hall–Kier alpha value is -1.53. The van der Waals surface area contributed by atoms with Crippen LogP contribution in [-0.4, -0.2) is 15.5 Å². The van der Waals surface area contributed by atoms with Crippen molar-refractivity contribution >= 4 is 43.3 Å². The molecule has 2 atom stereocenters. The van der Waals surface area contributed by atoms with E-state index in [9.17, 15) is 14.9 Å². The fraction of sp³-hybridized carbons (Fsp3) is 0.133. The van der Waals surface area contributed by atoms with Crippen molar-refractivity contribution in [2.24, 2.45) is 0 Å². The zero-order chi connectivity index (χ0) is 15.4. The number of hydrogen-bond acceptors (Lipinski definition) is 3. The number of alkyl halides is 2. The quantitative estimate of drug-likeness (QED) is 0.310. The number of nitro benzene ring substituents is 1. The minimum atomic E-state index is -0.457. The molecule has 0 aromatic heterocycles. The van der Waals surface area contributed by atoms with Gasteiger partial charge in [-0.25, -0.2) is 0 Å². The number of nitrogens with zero attached hydrogens (tertiary/aromatic N) is 1. The molecule has 4 nitrogen and oxygen atoms in total. The third-order valence-electron chi connectivity index (χ3n) is 2.99. The van der Waals surface area contributed by atoms with Gasteiger partial charge in [-0.15, -0.1) is 0 Å². The van der Waals surface area contributed by atoms with Gasteiger partial charge >= 0.3 is 0 Å². The van der Waals surface area contributed by atoms with Gasteiger partial charge in [0.25, 0.3) is 5.69 Å². The average Bonchev–Trinajstić information content (AvgIpc) is 2.53. The summed E-state index contributed by atoms with van der Waals surface area (Å²) in [6.45, 7) is 0. The minimum Gasteiger partial charge on any atom is -0.293 e. The van der Waals surface area contributed by atoms with Crippen LogP contribution in [0.1, 0.15) is 20.7 Å². The summed E-state index contributed by atoms with van der Waals surface area (Å²) >= 11 is 6.87. The lowest BCUT2D eigenvalue weighted by molar-refractivity contribution is -0.384. The molecule has 21 heavy (non-hydrogen) atoms. The highest BCUT2D eigenvalue weighted by Gasteiger charge is 2.26. The highest BCUT2D eigenvalue weighted by atomic mass is 79.9. The van der Waals surface area contributed by atoms with Gasteiger partial charge in [-0.05, 0) is 5.56 Å². The fourth-order valence-electron chi connectivity index (χ4n) is 1.84. The summed E-state index contributed by atoms with van der Waals surface area (Å²) in [7, 11) is 0. The Morgan fingerprint density at radius 2 is 1.57 bits per heavy atom. The fourth-order valence-corrected chi connectivity index (χ4v) is 2.96. The molecule has 0 fully saturated rings. The Morgan fingerprint density at radius 1 is 1.00 bits per heavy atom. The molecule has 2 aromatic carbocycles. The van der Waals surface area contributed by atoms with Crippen molar-refractivity contribution in [1.29, 1.82) is 0 Å². The van der Waals surface area contributed by atoms with Crippen LogP contribution in [0.4, 0.5) is 5.69 Å². The van der Waals surface area contributed by atoms with Gasteiger partial charge in [-0.3, -0.25) is 14.9 Å². The second-order valence-electron chi connectivity index (χ2n) is 4.38. The van der Waals surface area contributed by atoms with Gasteiger partial charge in [0.05, 0.1) is 14.6 Å². The number of Topliss-reactive ketones (excluding diaryl/α,β-unsaturated/α-hetero) is 1. The second-order valence-corrected chi connectivity index (χ2v) is 6.36. The molecular weight excluding hydrogens is 402 g/mol. The summed E-state index contributed by atoms with van der Waals surface area (Å²) in [4.78, 5) is 21.8. The molecule has 0 saturated heterocycles. The highest BCUT2D eigenvalue weighted by Crippen LogP contribution is 2.34. The summed E-state index contributed by atoms with van der Waals surface area (Å²) in [6.07, 6.45) is 0. The molecule has 0 radical (unpaired) electrons. The number of carbonyl (C=O) groups excluding carboxylic acids is 1. The van der Waals surface area contributed by atoms with Crippen LogP contribution in [0, 0.1) is 10.1 Å². The number of ketones is 1. The summed E-state index contributed by atoms with van der Waals surface area (Å²) in [6, 6.07) is 15.1. The third kappa shape index (κ3) is 3.77. The molecular formula is C15H11Br2NO3. The van der Waals surface area contributed by atoms with Gasteiger partial charge in [0.2, 0.25) is 0 Å². The smallest absolute Gasteiger partial charge is 0.269 e. The summed E-state index contributed by atoms with van der Waals surface area (Å²) in [5.74, 6) is -0.0455. The van der Waals surface area contributed by atoms with E-state index < -0.39 is 9.75 Å². The van der Waals surface area contributed by atoms with Crippen LogP contribution in [0.25, 0.3) is 0 Å². The Kier molecular flexibility index (Phi) is 5.25. The molecule has 0 unspecified atom stereocenters. The van der Waals surface area contributed by atoms with Crippen molar-refractivity contribution in [3.63, 3.8) is 0 Å². The number of rotatable bonds is 5. The van der Waals surface area contributed by atoms with E-state index in [4.69, 9.17) is 0 Å². The van der Waals surface area contributed by atoms with E-state index in [2.05, 4.69) is 31.9 Å². The molecule has 6 heteroatoms. The van der Waals surface area contributed by atoms with Crippen molar-refractivity contribution in [3.05, 3.63) is 75.8 Å². The van der Waals surface area contributed by atoms with Gasteiger partial charge in [0.1, 0.15) is 0 Å². The number of halogens is 2. The van der Waals surface area contributed by atoms with Gasteiger partial charge in [-0.1, -0.05) is 74.3 Å². The van der Waals surface area contributed by atoms with E-state index in [0.29, 0.717) is 5.56 Å². The molecule has 0 spiro atoms. The maximum Gasteiger partial charge on any atom is 0.269 e. The Morgan fingerprint density at radius 3 is 2.10 bits per heavy atom. The van der Waals surface area contributed by atoms with Gasteiger partial charge < -0.3 is 0 Å². The van der Waals surface area contributed by atoms with Crippen molar-refractivity contribution in [1.82, 2.24) is 0 Å². The number of non-ortho nitro benzene ring substituents is 1. The summed E-state index contributed by atoms with van der Waals surface area (Å²) < 4.78 is 0. The lowest BCUT2D eigenvalue weighted by atomic mass is 10.0. The summed E-state index contributed by atoms with van der Waals surface area (Å²) in [5.41, 5.74) is 1.44. The van der Waals surface area contributed by atoms with Crippen molar-refractivity contribution in [3.8, 4) is 0 Å². The topological polar surface area (TPSA) is 60.2 Å². The molecule has 0 saturated carbocycles. The average molecular weight is 413 g/mol. The molecule has 108 valence electrons. The van der Waals surface area contributed by atoms with E-state index >= 15 is 0 Å². The van der Waals surface area contributed by atoms with Gasteiger partial charge in [0.15, 0.2) is 5.78 Å². The summed E-state index contributed by atoms with van der Waals surface area (Å²) in [5, 5.41) is 10.6. The number of nitro groups is 1. The number of hydrogen-bond donors (Lipinski definition) is 0. The lowest BCUT2D eigenvalue weighted by Crippen LogP contribution is -2.19. The monoisotopic (exact) mass is 411 g/mol. The molecule has 0 aliphatic carbocycles. The maximum atomic E-state index is 12.3. The van der Waals surface area contributed by atoms with E-state index in [1.807, 2.05) is 18.2 Å². The number of benzene rings is 2. The van der Waals surface area contributed by atoms with Crippen LogP contribution in [0.15, 0.2) is 54.6 Å². The van der Waals surface area contributed by atoms with E-state index in [1.54, 1.807) is 24.3 Å². The first-order chi connectivity index (χ1) is 10.0. The van der Waals surface area contributed by atoms with Crippen LogP contribution in [0.3, 0.4) is 0 Å². The lowest BCUT2D eigenvalue weighted by Gasteiger charge is -2.16. The van der Waals surface area contributed by atoms with E-state index in [-0.39, 0.29) is 16.3 Å². The van der Waals surface area contributed by atoms with Crippen LogP contribution >= 0.6 is 31.9 Å². The molecule has 2 aromatic rings. The van der Waals surface area contributed by atoms with E-state index in [1.165, 1.54) is 12.1 Å². The second kappa shape index (κ2) is 6.95. The standard InChI is InChI=1S/C15H11Br2NO3/c16-13(10-6-8-12(9-7-10)18(20)21)14(17)15(19)11-4-2-1-3-5-11/h1-9,13-14H/t13-,14+/m0/s1. The first kappa shape index (κ1) is 15.9. The highest BCUT2D eigenvalue weighted by molar-refractivity contribution is 9.12. The molecule has 2 rings (SSSR count). The molecule has 0 aliphatic heterocycles. The first-order valence-corrected chi connectivity index (χ1v) is 7.95. The SMILES string of the molecule is O=C(c1ccccc1)[C@H](Br)[C@@H](Br)c1ccc([N+](=O)[O-])cc1. The van der Waals surface area contributed by atoms with Gasteiger partial charge in [0, 0.05) is 17.7 Å². The molecule has 0 bridgehead atoms. The zero-order valence-electron chi connectivity index (χ0n) is 10.8. The molecule has 0 N–H and O–H groups in total. The van der Waals surface area contributed by atoms with Crippen molar-refractivity contribution < 1.29 is 9.72 Å². The first-order valence-electron chi connectivity index (χ1n) is 6.12. The Balaban J connectivity index is 2.17. The van der Waals surface area contributed by atoms with E-state index in [0.717, 1.165) is 5.56 Å². The zero-order valence-corrected chi connectivity index (χ0v) is 14.0.